The topological polar surface area (TPSA) is 57.2 Å². The summed E-state index contributed by atoms with van der Waals surface area (Å²) in [4.78, 5) is 4.72. The highest BCUT2D eigenvalue weighted by Crippen LogP contribution is 2.37. The van der Waals surface area contributed by atoms with E-state index in [-0.39, 0.29) is 28.4 Å². The first-order valence-electron chi connectivity index (χ1n) is 10.9. The molecule has 3 N–H and O–H groups in total. The highest BCUT2D eigenvalue weighted by Gasteiger charge is 2.37. The molecule has 0 radical (unpaired) electrons. The largest absolute Gasteiger partial charge is 0.507 e. The van der Waals surface area contributed by atoms with E-state index in [4.69, 9.17) is 4.98 Å². The Kier molecular flexibility index (Phi) is 6.22. The van der Waals surface area contributed by atoms with Gasteiger partial charge >= 0.3 is 0 Å². The summed E-state index contributed by atoms with van der Waals surface area (Å²) in [5, 5.41) is 17.6. The van der Waals surface area contributed by atoms with Crippen LogP contribution in [0.15, 0.2) is 53.0 Å². The minimum atomic E-state index is -0.652. The van der Waals surface area contributed by atoms with E-state index in [0.29, 0.717) is 22.6 Å². The van der Waals surface area contributed by atoms with Crippen molar-refractivity contribution in [2.45, 2.75) is 57.7 Å². The van der Waals surface area contributed by atoms with Gasteiger partial charge in [-0.15, -0.1) is 0 Å². The van der Waals surface area contributed by atoms with Crippen molar-refractivity contribution in [2.75, 3.05) is 5.32 Å². The Morgan fingerprint density at radius 3 is 2.27 bits per heavy atom. The van der Waals surface area contributed by atoms with E-state index in [1.165, 1.54) is 18.2 Å². The zero-order valence-corrected chi connectivity index (χ0v) is 20.7. The van der Waals surface area contributed by atoms with Crippen LogP contribution in [-0.4, -0.2) is 27.2 Å². The Labute approximate surface area is 201 Å². The number of anilines is 1. The van der Waals surface area contributed by atoms with Crippen molar-refractivity contribution >= 4 is 21.7 Å². The highest BCUT2D eigenvalue weighted by atomic mass is 79.9. The smallest absolute Gasteiger partial charge is 0.133 e. The molecule has 0 aliphatic carbocycles. The summed E-state index contributed by atoms with van der Waals surface area (Å²) in [6, 6.07) is 12.2. The number of benzene rings is 2. The van der Waals surface area contributed by atoms with E-state index >= 15 is 0 Å². The number of phenolic OH excluding ortho intramolecular Hbond substituents is 1. The molecule has 0 amide bonds. The van der Waals surface area contributed by atoms with Crippen LogP contribution in [0, 0.1) is 11.6 Å². The maximum atomic E-state index is 14.7. The fraction of sp³-hybridized carbons (Fsp3) is 0.346. The van der Waals surface area contributed by atoms with Crippen LogP contribution in [0.4, 0.5) is 14.6 Å². The highest BCUT2D eigenvalue weighted by molar-refractivity contribution is 9.10. The number of aromatic nitrogens is 1. The first-order chi connectivity index (χ1) is 15.4. The van der Waals surface area contributed by atoms with E-state index in [2.05, 4.69) is 54.3 Å². The summed E-state index contributed by atoms with van der Waals surface area (Å²) in [7, 11) is 0. The van der Waals surface area contributed by atoms with Crippen molar-refractivity contribution in [3.63, 3.8) is 0 Å². The second kappa shape index (κ2) is 8.69. The van der Waals surface area contributed by atoms with Crippen LogP contribution in [0.2, 0.25) is 0 Å². The summed E-state index contributed by atoms with van der Waals surface area (Å²) < 4.78 is 30.1. The molecular formula is C26H28BrF2N3O. The third-order valence-electron chi connectivity index (χ3n) is 5.85. The van der Waals surface area contributed by atoms with Gasteiger partial charge in [-0.25, -0.2) is 13.8 Å². The molecule has 1 aliphatic heterocycles. The second-order valence-electron chi connectivity index (χ2n) is 10.0. The van der Waals surface area contributed by atoms with E-state index in [0.717, 1.165) is 17.3 Å². The first-order valence-corrected chi connectivity index (χ1v) is 11.7. The van der Waals surface area contributed by atoms with Gasteiger partial charge in [-0.3, -0.25) is 0 Å². The normalized spacial score (nSPS) is 17.7. The fourth-order valence-corrected chi connectivity index (χ4v) is 5.37. The number of aromatic hydroxyl groups is 1. The maximum Gasteiger partial charge on any atom is 0.133 e. The van der Waals surface area contributed by atoms with Crippen molar-refractivity contribution in [1.29, 1.82) is 0 Å². The van der Waals surface area contributed by atoms with E-state index in [9.17, 15) is 13.9 Å². The molecule has 1 aromatic heterocycles. The molecule has 0 unspecified atom stereocenters. The third kappa shape index (κ3) is 5.36. The molecule has 2 heterocycles. The molecule has 7 heteroatoms. The van der Waals surface area contributed by atoms with Crippen LogP contribution < -0.4 is 10.6 Å². The number of pyridine rings is 1. The Bertz CT molecular complexity index is 1160. The zero-order chi connectivity index (χ0) is 24.0. The molecule has 1 aliphatic rings. The molecule has 174 valence electrons. The van der Waals surface area contributed by atoms with Crippen LogP contribution in [0.1, 0.15) is 40.5 Å². The van der Waals surface area contributed by atoms with Crippen LogP contribution >= 0.6 is 15.9 Å². The number of nitrogens with one attached hydrogen (secondary N) is 2. The van der Waals surface area contributed by atoms with Gasteiger partial charge in [0.2, 0.25) is 0 Å². The Hall–Kier alpha value is -2.51. The van der Waals surface area contributed by atoms with Gasteiger partial charge in [-0.1, -0.05) is 22.0 Å². The van der Waals surface area contributed by atoms with E-state index in [1.54, 1.807) is 30.3 Å². The SMILES string of the molecule is CC1(C)CC(Nc2cc(-c3c(F)cccc3F)cc(-c3cc(Br)ccc3O)n2)CC(C)(C)N1. The van der Waals surface area contributed by atoms with Crippen molar-refractivity contribution in [1.82, 2.24) is 10.3 Å². The predicted molar refractivity (Wildman–Crippen MR) is 132 cm³/mol. The minimum absolute atomic E-state index is 0.0342. The summed E-state index contributed by atoms with van der Waals surface area (Å²) in [6.45, 7) is 8.64. The van der Waals surface area contributed by atoms with Gasteiger partial charge in [0.15, 0.2) is 0 Å². The van der Waals surface area contributed by atoms with Crippen LogP contribution in [-0.2, 0) is 0 Å². The number of hydrogen-bond acceptors (Lipinski definition) is 4. The molecule has 1 saturated heterocycles. The number of phenols is 1. The molecule has 0 spiro atoms. The molecular weight excluding hydrogens is 488 g/mol. The molecule has 4 nitrogen and oxygen atoms in total. The molecule has 0 atom stereocenters. The second-order valence-corrected chi connectivity index (χ2v) is 10.9. The van der Waals surface area contributed by atoms with Crippen molar-refractivity contribution in [2.24, 2.45) is 0 Å². The molecule has 4 rings (SSSR count). The Morgan fingerprint density at radius 2 is 1.64 bits per heavy atom. The number of hydrogen-bond donors (Lipinski definition) is 3. The van der Waals surface area contributed by atoms with Crippen LogP contribution in [0.3, 0.4) is 0 Å². The third-order valence-corrected chi connectivity index (χ3v) is 6.35. The van der Waals surface area contributed by atoms with Crippen LogP contribution in [0.5, 0.6) is 5.75 Å². The van der Waals surface area contributed by atoms with Crippen molar-refractivity contribution in [3.05, 3.63) is 64.6 Å². The van der Waals surface area contributed by atoms with Crippen molar-refractivity contribution < 1.29 is 13.9 Å². The molecule has 2 aromatic carbocycles. The summed E-state index contributed by atoms with van der Waals surface area (Å²) >= 11 is 3.42. The monoisotopic (exact) mass is 515 g/mol. The molecule has 1 fully saturated rings. The maximum absolute atomic E-state index is 14.7. The lowest BCUT2D eigenvalue weighted by Crippen LogP contribution is -2.60. The first kappa shape index (κ1) is 23.6. The van der Waals surface area contributed by atoms with Gasteiger partial charge in [0.05, 0.1) is 11.3 Å². The lowest BCUT2D eigenvalue weighted by Gasteiger charge is -2.46. The van der Waals surface area contributed by atoms with Crippen molar-refractivity contribution in [3.8, 4) is 28.1 Å². The van der Waals surface area contributed by atoms with Crippen LogP contribution in [0.25, 0.3) is 22.4 Å². The predicted octanol–water partition coefficient (Wildman–Crippen LogP) is 6.88. The average molecular weight is 516 g/mol. The van der Waals surface area contributed by atoms with Gasteiger partial charge in [0, 0.05) is 27.2 Å². The van der Waals surface area contributed by atoms with Gasteiger partial charge in [0.25, 0.3) is 0 Å². The Morgan fingerprint density at radius 1 is 1.00 bits per heavy atom. The summed E-state index contributed by atoms with van der Waals surface area (Å²) in [5.74, 6) is -0.767. The fourth-order valence-electron chi connectivity index (χ4n) is 5.01. The number of rotatable bonds is 4. The number of nitrogens with zero attached hydrogens (tertiary/aromatic N) is 1. The lowest BCUT2D eigenvalue weighted by molar-refractivity contribution is 0.170. The van der Waals surface area contributed by atoms with Gasteiger partial charge in [-0.2, -0.15) is 0 Å². The minimum Gasteiger partial charge on any atom is -0.507 e. The number of halogens is 3. The average Bonchev–Trinajstić information content (AvgIpc) is 2.67. The Balaban J connectivity index is 1.82. The van der Waals surface area contributed by atoms with E-state index in [1.807, 2.05) is 0 Å². The quantitative estimate of drug-likeness (QED) is 0.354. The van der Waals surface area contributed by atoms with E-state index < -0.39 is 11.6 Å². The van der Waals surface area contributed by atoms with Gasteiger partial charge in [-0.05, 0) is 88.6 Å². The molecule has 0 saturated carbocycles. The lowest BCUT2D eigenvalue weighted by atomic mass is 9.79. The molecule has 33 heavy (non-hydrogen) atoms. The summed E-state index contributed by atoms with van der Waals surface area (Å²) in [6.07, 6.45) is 1.71. The molecule has 0 bridgehead atoms. The number of piperidine rings is 1. The van der Waals surface area contributed by atoms with Gasteiger partial charge < -0.3 is 15.7 Å². The molecule has 3 aromatic rings. The standard InChI is InChI=1S/C26H28BrF2N3O/c1-25(2)13-17(14-26(3,4)32-25)30-23-11-15(24-19(28)6-5-7-20(24)29)10-21(31-23)18-12-16(27)8-9-22(18)33/h5-12,17,32-33H,13-14H2,1-4H3,(H,30,31). The summed E-state index contributed by atoms with van der Waals surface area (Å²) in [5.41, 5.74) is 0.954. The zero-order valence-electron chi connectivity index (χ0n) is 19.1. The van der Waals surface area contributed by atoms with Gasteiger partial charge in [0.1, 0.15) is 23.2 Å².